The molecular weight excluding hydrogens is 311 g/mol. The van der Waals surface area contributed by atoms with Crippen LogP contribution in [-0.2, 0) is 16.1 Å². The number of piperazine rings is 1. The maximum Gasteiger partial charge on any atom is 0.246 e. The normalized spacial score (nSPS) is 22.4. The fourth-order valence-corrected chi connectivity index (χ4v) is 2.93. The summed E-state index contributed by atoms with van der Waals surface area (Å²) >= 11 is 12.2. The van der Waals surface area contributed by atoms with Crippen molar-refractivity contribution in [1.29, 1.82) is 0 Å². The van der Waals surface area contributed by atoms with Crippen molar-refractivity contribution >= 4 is 35.0 Å². The van der Waals surface area contributed by atoms with E-state index in [0.29, 0.717) is 29.4 Å². The highest BCUT2D eigenvalue weighted by atomic mass is 35.5. The van der Waals surface area contributed by atoms with Gasteiger partial charge in [-0.15, -0.1) is 0 Å². The second kappa shape index (κ2) is 6.67. The van der Waals surface area contributed by atoms with Crippen LogP contribution in [0.5, 0.6) is 0 Å². The van der Waals surface area contributed by atoms with Gasteiger partial charge in [0, 0.05) is 6.54 Å². The van der Waals surface area contributed by atoms with E-state index in [0.717, 1.165) is 5.56 Å². The molecule has 2 atom stereocenters. The molecule has 21 heavy (non-hydrogen) atoms. The number of benzene rings is 1. The quantitative estimate of drug-likeness (QED) is 0.923. The molecule has 1 aromatic carbocycles. The van der Waals surface area contributed by atoms with Crippen LogP contribution in [-0.4, -0.2) is 28.8 Å². The van der Waals surface area contributed by atoms with Crippen LogP contribution >= 0.6 is 23.2 Å². The Hall–Kier alpha value is -1.26. The molecular formula is C15H18Cl2N2O2. The van der Waals surface area contributed by atoms with Gasteiger partial charge in [-0.25, -0.2) is 0 Å². The molecule has 1 aromatic rings. The summed E-state index contributed by atoms with van der Waals surface area (Å²) in [5.41, 5.74) is 0.750. The lowest BCUT2D eigenvalue weighted by molar-refractivity contribution is -0.150. The Labute approximate surface area is 134 Å². The van der Waals surface area contributed by atoms with E-state index in [2.05, 4.69) is 5.32 Å². The second-order valence-corrected chi connectivity index (χ2v) is 5.86. The molecule has 0 spiro atoms. The van der Waals surface area contributed by atoms with E-state index in [1.54, 1.807) is 17.0 Å². The van der Waals surface area contributed by atoms with Crippen LogP contribution in [0.15, 0.2) is 18.2 Å². The van der Waals surface area contributed by atoms with Gasteiger partial charge in [-0.3, -0.25) is 9.59 Å². The van der Waals surface area contributed by atoms with Gasteiger partial charge in [0.15, 0.2) is 0 Å². The molecule has 2 amide bonds. The molecule has 1 N–H and O–H groups in total. The van der Waals surface area contributed by atoms with Crippen LogP contribution in [0.25, 0.3) is 0 Å². The van der Waals surface area contributed by atoms with E-state index < -0.39 is 12.1 Å². The summed E-state index contributed by atoms with van der Waals surface area (Å²) in [5, 5.41) is 3.65. The molecule has 1 saturated heterocycles. The minimum atomic E-state index is -0.463. The molecule has 6 heteroatoms. The molecule has 2 rings (SSSR count). The Morgan fingerprint density at radius 2 is 1.90 bits per heavy atom. The van der Waals surface area contributed by atoms with E-state index in [1.165, 1.54) is 0 Å². The average Bonchev–Trinajstić information content (AvgIpc) is 2.47. The van der Waals surface area contributed by atoms with Crippen molar-refractivity contribution in [3.05, 3.63) is 33.8 Å². The van der Waals surface area contributed by atoms with Crippen LogP contribution in [0.4, 0.5) is 0 Å². The Morgan fingerprint density at radius 3 is 2.52 bits per heavy atom. The van der Waals surface area contributed by atoms with E-state index >= 15 is 0 Å². The van der Waals surface area contributed by atoms with Crippen LogP contribution in [0, 0.1) is 0 Å². The second-order valence-electron chi connectivity index (χ2n) is 5.07. The highest BCUT2D eigenvalue weighted by Crippen LogP contribution is 2.28. The van der Waals surface area contributed by atoms with Gasteiger partial charge in [0.05, 0.1) is 10.0 Å². The van der Waals surface area contributed by atoms with Crippen molar-refractivity contribution < 1.29 is 9.59 Å². The van der Waals surface area contributed by atoms with Crippen LogP contribution in [0.2, 0.25) is 10.0 Å². The van der Waals surface area contributed by atoms with Gasteiger partial charge in [0.2, 0.25) is 11.8 Å². The first kappa shape index (κ1) is 16.1. The average molecular weight is 329 g/mol. The van der Waals surface area contributed by atoms with Crippen LogP contribution in [0.1, 0.15) is 32.3 Å². The zero-order valence-electron chi connectivity index (χ0n) is 12.0. The number of hydrogen-bond acceptors (Lipinski definition) is 2. The summed E-state index contributed by atoms with van der Waals surface area (Å²) < 4.78 is 0. The molecule has 0 bridgehead atoms. The molecule has 1 heterocycles. The first-order chi connectivity index (χ1) is 9.99. The van der Waals surface area contributed by atoms with Crippen molar-refractivity contribution in [2.24, 2.45) is 0 Å². The third kappa shape index (κ3) is 3.16. The summed E-state index contributed by atoms with van der Waals surface area (Å²) in [4.78, 5) is 26.2. The molecule has 0 saturated carbocycles. The molecule has 1 fully saturated rings. The van der Waals surface area contributed by atoms with Gasteiger partial charge < -0.3 is 10.2 Å². The lowest BCUT2D eigenvalue weighted by Crippen LogP contribution is -2.62. The zero-order chi connectivity index (χ0) is 15.6. The van der Waals surface area contributed by atoms with Crippen molar-refractivity contribution in [2.45, 2.75) is 45.3 Å². The minimum Gasteiger partial charge on any atom is -0.343 e. The van der Waals surface area contributed by atoms with Crippen LogP contribution in [0.3, 0.4) is 0 Å². The smallest absolute Gasteiger partial charge is 0.246 e. The Morgan fingerprint density at radius 1 is 1.19 bits per heavy atom. The fourth-order valence-electron chi connectivity index (χ4n) is 2.55. The molecule has 2 unspecified atom stereocenters. The van der Waals surface area contributed by atoms with Gasteiger partial charge in [-0.2, -0.15) is 0 Å². The number of nitrogens with one attached hydrogen (secondary N) is 1. The van der Waals surface area contributed by atoms with Crippen LogP contribution < -0.4 is 5.32 Å². The largest absolute Gasteiger partial charge is 0.343 e. The number of halogens is 2. The Bertz CT molecular complexity index is 563. The topological polar surface area (TPSA) is 49.4 Å². The third-order valence-electron chi connectivity index (χ3n) is 3.74. The van der Waals surface area contributed by atoms with E-state index in [1.807, 2.05) is 19.9 Å². The number of nitrogens with zero attached hydrogens (tertiary/aromatic N) is 1. The predicted octanol–water partition coefficient (Wildman–Crippen LogP) is 3.01. The molecule has 0 aromatic heterocycles. The van der Waals surface area contributed by atoms with E-state index in [-0.39, 0.29) is 11.8 Å². The van der Waals surface area contributed by atoms with Crippen molar-refractivity contribution in [3.8, 4) is 0 Å². The first-order valence-corrected chi connectivity index (χ1v) is 7.78. The minimum absolute atomic E-state index is 0.0695. The summed E-state index contributed by atoms with van der Waals surface area (Å²) in [6.07, 6.45) is 1.13. The predicted molar refractivity (Wildman–Crippen MR) is 83.3 cm³/mol. The van der Waals surface area contributed by atoms with Gasteiger partial charge in [-0.1, -0.05) is 49.2 Å². The SMILES string of the molecule is CCC1NC(=O)C(CC)N(Cc2cccc(Cl)c2Cl)C1=O. The molecule has 0 aliphatic carbocycles. The Kier molecular flexibility index (Phi) is 5.12. The van der Waals surface area contributed by atoms with E-state index in [9.17, 15) is 9.59 Å². The number of rotatable bonds is 4. The fraction of sp³-hybridized carbons (Fsp3) is 0.467. The maximum absolute atomic E-state index is 12.5. The first-order valence-electron chi connectivity index (χ1n) is 7.03. The summed E-state index contributed by atoms with van der Waals surface area (Å²) in [5.74, 6) is -0.179. The number of carbonyl (C=O) groups is 2. The molecule has 1 aliphatic rings. The Balaban J connectivity index is 2.31. The molecule has 4 nitrogen and oxygen atoms in total. The van der Waals surface area contributed by atoms with Gasteiger partial charge in [0.25, 0.3) is 0 Å². The van der Waals surface area contributed by atoms with Crippen molar-refractivity contribution in [1.82, 2.24) is 10.2 Å². The highest BCUT2D eigenvalue weighted by molar-refractivity contribution is 6.42. The van der Waals surface area contributed by atoms with Crippen molar-refractivity contribution in [3.63, 3.8) is 0 Å². The lowest BCUT2D eigenvalue weighted by Gasteiger charge is -2.38. The zero-order valence-corrected chi connectivity index (χ0v) is 13.5. The molecule has 1 aliphatic heterocycles. The lowest BCUT2D eigenvalue weighted by atomic mass is 10.0. The summed E-state index contributed by atoms with van der Waals surface area (Å²) in [6.45, 7) is 4.05. The highest BCUT2D eigenvalue weighted by Gasteiger charge is 2.38. The van der Waals surface area contributed by atoms with Gasteiger partial charge >= 0.3 is 0 Å². The van der Waals surface area contributed by atoms with E-state index in [4.69, 9.17) is 23.2 Å². The van der Waals surface area contributed by atoms with Gasteiger partial charge in [-0.05, 0) is 24.5 Å². The number of carbonyl (C=O) groups excluding carboxylic acids is 2. The summed E-state index contributed by atoms with van der Waals surface area (Å²) in [6, 6.07) is 4.39. The third-order valence-corrected chi connectivity index (χ3v) is 4.60. The molecule has 114 valence electrons. The van der Waals surface area contributed by atoms with Gasteiger partial charge in [0.1, 0.15) is 12.1 Å². The van der Waals surface area contributed by atoms with Crippen molar-refractivity contribution in [2.75, 3.05) is 0 Å². The monoisotopic (exact) mass is 328 g/mol. The standard InChI is InChI=1S/C15H18Cl2N2O2/c1-3-11-15(21)19(12(4-2)14(20)18-11)8-9-6-5-7-10(16)13(9)17/h5-7,11-12H,3-4,8H2,1-2H3,(H,18,20). The molecule has 0 radical (unpaired) electrons. The number of amides is 2. The maximum atomic E-state index is 12.5. The summed E-state index contributed by atoms with van der Waals surface area (Å²) in [7, 11) is 0. The number of hydrogen-bond donors (Lipinski definition) is 1.